The minimum Gasteiger partial charge on any atom is -0.398 e. The van der Waals surface area contributed by atoms with Gasteiger partial charge < -0.3 is 16.0 Å². The standard InChI is InChI=1S/C9H11N3O/c1-12-5-6-7(10)3-2-4-8(6)11-9(12)13/h2-4H,5,10H2,1H3,(H,11,13). The van der Waals surface area contributed by atoms with E-state index in [2.05, 4.69) is 5.32 Å². The van der Waals surface area contributed by atoms with Crippen molar-refractivity contribution in [2.24, 2.45) is 0 Å². The number of carbonyl (C=O) groups excluding carboxylic acids is 1. The number of nitrogens with one attached hydrogen (secondary N) is 1. The Morgan fingerprint density at radius 3 is 3.08 bits per heavy atom. The summed E-state index contributed by atoms with van der Waals surface area (Å²) < 4.78 is 0. The molecule has 68 valence electrons. The molecule has 0 aliphatic carbocycles. The van der Waals surface area contributed by atoms with Gasteiger partial charge in [0, 0.05) is 24.0 Å². The predicted octanol–water partition coefficient (Wildman–Crippen LogP) is 1.25. The summed E-state index contributed by atoms with van der Waals surface area (Å²) in [4.78, 5) is 12.8. The Kier molecular flexibility index (Phi) is 1.62. The van der Waals surface area contributed by atoms with Gasteiger partial charge in [0.15, 0.2) is 0 Å². The van der Waals surface area contributed by atoms with Crippen LogP contribution in [-0.4, -0.2) is 18.0 Å². The van der Waals surface area contributed by atoms with Gasteiger partial charge >= 0.3 is 6.03 Å². The highest BCUT2D eigenvalue weighted by Gasteiger charge is 2.20. The van der Waals surface area contributed by atoms with Gasteiger partial charge in [-0.1, -0.05) is 6.07 Å². The van der Waals surface area contributed by atoms with Crippen LogP contribution in [0.25, 0.3) is 0 Å². The van der Waals surface area contributed by atoms with Gasteiger partial charge in [-0.3, -0.25) is 0 Å². The summed E-state index contributed by atoms with van der Waals surface area (Å²) in [5.41, 5.74) is 8.31. The van der Waals surface area contributed by atoms with Crippen LogP contribution in [0.1, 0.15) is 5.56 Å². The Labute approximate surface area is 76.3 Å². The van der Waals surface area contributed by atoms with E-state index >= 15 is 0 Å². The molecule has 4 heteroatoms. The number of nitrogen functional groups attached to an aromatic ring is 1. The summed E-state index contributed by atoms with van der Waals surface area (Å²) in [7, 11) is 1.74. The number of fused-ring (bicyclic) bond motifs is 1. The van der Waals surface area contributed by atoms with Crippen LogP contribution < -0.4 is 11.1 Å². The van der Waals surface area contributed by atoms with Gasteiger partial charge in [-0.15, -0.1) is 0 Å². The first-order valence-electron chi connectivity index (χ1n) is 4.08. The molecule has 0 bridgehead atoms. The molecule has 0 atom stereocenters. The molecule has 1 aromatic rings. The molecule has 1 aromatic carbocycles. The van der Waals surface area contributed by atoms with Crippen molar-refractivity contribution >= 4 is 17.4 Å². The first-order valence-corrected chi connectivity index (χ1v) is 4.08. The number of anilines is 2. The molecule has 0 radical (unpaired) electrons. The number of carbonyl (C=O) groups is 1. The van der Waals surface area contributed by atoms with Crippen molar-refractivity contribution in [3.05, 3.63) is 23.8 Å². The molecule has 2 amide bonds. The van der Waals surface area contributed by atoms with Gasteiger partial charge in [0.25, 0.3) is 0 Å². The van der Waals surface area contributed by atoms with Crippen molar-refractivity contribution in [2.45, 2.75) is 6.54 Å². The van der Waals surface area contributed by atoms with Crippen molar-refractivity contribution in [1.29, 1.82) is 0 Å². The Bertz CT molecular complexity index is 362. The van der Waals surface area contributed by atoms with Crippen LogP contribution in [0.15, 0.2) is 18.2 Å². The molecule has 0 saturated heterocycles. The van der Waals surface area contributed by atoms with E-state index in [0.29, 0.717) is 6.54 Å². The summed E-state index contributed by atoms with van der Waals surface area (Å²) in [6.45, 7) is 0.577. The van der Waals surface area contributed by atoms with E-state index in [9.17, 15) is 4.79 Å². The largest absolute Gasteiger partial charge is 0.398 e. The van der Waals surface area contributed by atoms with Gasteiger partial charge in [-0.25, -0.2) is 4.79 Å². The lowest BCUT2D eigenvalue weighted by Gasteiger charge is -2.26. The lowest BCUT2D eigenvalue weighted by molar-refractivity contribution is 0.218. The lowest BCUT2D eigenvalue weighted by Crippen LogP contribution is -2.35. The second-order valence-electron chi connectivity index (χ2n) is 3.16. The molecule has 0 saturated carbocycles. The smallest absolute Gasteiger partial charge is 0.321 e. The maximum absolute atomic E-state index is 11.2. The summed E-state index contributed by atoms with van der Waals surface area (Å²) >= 11 is 0. The average molecular weight is 177 g/mol. The summed E-state index contributed by atoms with van der Waals surface area (Å²) in [6, 6.07) is 5.44. The van der Waals surface area contributed by atoms with Crippen molar-refractivity contribution in [1.82, 2.24) is 4.90 Å². The van der Waals surface area contributed by atoms with Crippen LogP contribution in [0.5, 0.6) is 0 Å². The second kappa shape index (κ2) is 2.65. The molecule has 0 unspecified atom stereocenters. The lowest BCUT2D eigenvalue weighted by atomic mass is 10.1. The SMILES string of the molecule is CN1Cc2c(N)cccc2NC1=O. The molecular weight excluding hydrogens is 166 g/mol. The van der Waals surface area contributed by atoms with Gasteiger partial charge in [0.2, 0.25) is 0 Å². The fourth-order valence-electron chi connectivity index (χ4n) is 1.42. The zero-order chi connectivity index (χ0) is 9.42. The van der Waals surface area contributed by atoms with Crippen molar-refractivity contribution < 1.29 is 4.79 Å². The van der Waals surface area contributed by atoms with Crippen LogP contribution in [0.2, 0.25) is 0 Å². The normalized spacial score (nSPS) is 15.2. The molecule has 0 spiro atoms. The van der Waals surface area contributed by atoms with Gasteiger partial charge in [-0.2, -0.15) is 0 Å². The third-order valence-corrected chi connectivity index (χ3v) is 2.20. The molecule has 13 heavy (non-hydrogen) atoms. The first kappa shape index (κ1) is 7.91. The average Bonchev–Trinajstić information content (AvgIpc) is 2.09. The Balaban J connectivity index is 2.48. The fourth-order valence-corrected chi connectivity index (χ4v) is 1.42. The van der Waals surface area contributed by atoms with Gasteiger partial charge in [0.05, 0.1) is 6.54 Å². The number of rotatable bonds is 0. The van der Waals surface area contributed by atoms with E-state index in [4.69, 9.17) is 5.73 Å². The number of nitrogens with two attached hydrogens (primary N) is 1. The van der Waals surface area contributed by atoms with E-state index in [1.807, 2.05) is 18.2 Å². The highest BCUT2D eigenvalue weighted by atomic mass is 16.2. The first-order chi connectivity index (χ1) is 6.18. The molecule has 0 fully saturated rings. The molecule has 1 heterocycles. The monoisotopic (exact) mass is 177 g/mol. The summed E-state index contributed by atoms with van der Waals surface area (Å²) in [5, 5.41) is 2.76. The summed E-state index contributed by atoms with van der Waals surface area (Å²) in [6.07, 6.45) is 0. The van der Waals surface area contributed by atoms with Crippen LogP contribution in [0, 0.1) is 0 Å². The molecule has 4 nitrogen and oxygen atoms in total. The number of urea groups is 1. The van der Waals surface area contributed by atoms with Gasteiger partial charge in [0.1, 0.15) is 0 Å². The molecule has 0 aromatic heterocycles. The molecule has 1 aliphatic heterocycles. The highest BCUT2D eigenvalue weighted by Crippen LogP contribution is 2.26. The second-order valence-corrected chi connectivity index (χ2v) is 3.16. The Hall–Kier alpha value is -1.71. The van der Waals surface area contributed by atoms with E-state index in [1.54, 1.807) is 11.9 Å². The van der Waals surface area contributed by atoms with Crippen LogP contribution in [0.3, 0.4) is 0 Å². The molecule has 2 rings (SSSR count). The van der Waals surface area contributed by atoms with Crippen LogP contribution >= 0.6 is 0 Å². The molecule has 3 N–H and O–H groups in total. The van der Waals surface area contributed by atoms with Crippen LogP contribution in [-0.2, 0) is 6.54 Å². The quantitative estimate of drug-likeness (QED) is 0.586. The topological polar surface area (TPSA) is 58.4 Å². The number of benzene rings is 1. The zero-order valence-electron chi connectivity index (χ0n) is 7.37. The molecular formula is C9H11N3O. The minimum absolute atomic E-state index is 0.0851. The number of nitrogens with zero attached hydrogens (tertiary/aromatic N) is 1. The highest BCUT2D eigenvalue weighted by molar-refractivity contribution is 5.93. The van der Waals surface area contributed by atoms with E-state index in [1.165, 1.54) is 0 Å². The van der Waals surface area contributed by atoms with E-state index in [-0.39, 0.29) is 6.03 Å². The molecule has 1 aliphatic rings. The Morgan fingerprint density at radius 1 is 1.54 bits per heavy atom. The maximum Gasteiger partial charge on any atom is 0.321 e. The van der Waals surface area contributed by atoms with E-state index in [0.717, 1.165) is 16.9 Å². The van der Waals surface area contributed by atoms with Crippen molar-refractivity contribution in [3.8, 4) is 0 Å². The maximum atomic E-state index is 11.2. The van der Waals surface area contributed by atoms with Gasteiger partial charge in [-0.05, 0) is 12.1 Å². The van der Waals surface area contributed by atoms with Crippen molar-refractivity contribution in [3.63, 3.8) is 0 Å². The fraction of sp³-hybridized carbons (Fsp3) is 0.222. The predicted molar refractivity (Wildman–Crippen MR) is 51.3 cm³/mol. The van der Waals surface area contributed by atoms with Crippen LogP contribution in [0.4, 0.5) is 16.2 Å². The van der Waals surface area contributed by atoms with E-state index < -0.39 is 0 Å². The third kappa shape index (κ3) is 1.20. The zero-order valence-corrected chi connectivity index (χ0v) is 7.37. The number of hydrogen-bond donors (Lipinski definition) is 2. The third-order valence-electron chi connectivity index (χ3n) is 2.20. The Morgan fingerprint density at radius 2 is 2.31 bits per heavy atom. The number of hydrogen-bond acceptors (Lipinski definition) is 2. The number of amides is 2. The van der Waals surface area contributed by atoms with Crippen molar-refractivity contribution in [2.75, 3.05) is 18.1 Å². The minimum atomic E-state index is -0.0851. The summed E-state index contributed by atoms with van der Waals surface area (Å²) in [5.74, 6) is 0.